The summed E-state index contributed by atoms with van der Waals surface area (Å²) in [5.74, 6) is -4.02. The molecule has 0 unspecified atom stereocenters. The van der Waals surface area contributed by atoms with Gasteiger partial charge < -0.3 is 15.3 Å². The molecule has 0 aliphatic carbocycles. The van der Waals surface area contributed by atoms with Crippen LogP contribution in [0.2, 0.25) is 0 Å². The van der Waals surface area contributed by atoms with Crippen molar-refractivity contribution in [1.29, 1.82) is 0 Å². The minimum absolute atomic E-state index is 0.00202. The smallest absolute Gasteiger partial charge is 0.432 e. The minimum Gasteiger partial charge on any atom is -0.463 e. The lowest BCUT2D eigenvalue weighted by Crippen LogP contribution is -2.60. The number of carbonyl (C=O) groups is 5. The number of fused-ring (bicyclic) bond motifs is 1. The maximum atomic E-state index is 14.5. The number of benzene rings is 3. The zero-order valence-corrected chi connectivity index (χ0v) is 28.3. The Kier molecular flexibility index (Phi) is 9.27. The van der Waals surface area contributed by atoms with Crippen molar-refractivity contribution in [3.05, 3.63) is 94.9 Å². The highest BCUT2D eigenvalue weighted by Crippen LogP contribution is 2.42. The number of nitrogens with one attached hydrogen (secondary N) is 1. The number of hydrogen-bond donors (Lipinski definition) is 2. The van der Waals surface area contributed by atoms with E-state index < -0.39 is 70.5 Å². The molecular weight excluding hydrogens is 688 g/mol. The summed E-state index contributed by atoms with van der Waals surface area (Å²) in [6, 6.07) is 13.5. The van der Waals surface area contributed by atoms with E-state index >= 15 is 0 Å². The van der Waals surface area contributed by atoms with Gasteiger partial charge in [-0.2, -0.15) is 23.0 Å². The number of likely N-dealkylation sites (N-methyl/N-ethyl adjacent to an activating group) is 1. The highest BCUT2D eigenvalue weighted by Gasteiger charge is 2.58. The molecule has 3 aromatic carbocycles. The van der Waals surface area contributed by atoms with Crippen LogP contribution in [-0.2, 0) is 22.2 Å². The van der Waals surface area contributed by atoms with Gasteiger partial charge in [0, 0.05) is 37.6 Å². The molecule has 52 heavy (non-hydrogen) atoms. The largest absolute Gasteiger partial charge is 0.463 e. The number of imide groups is 1. The summed E-state index contributed by atoms with van der Waals surface area (Å²) in [4.78, 5) is 70.0. The Morgan fingerprint density at radius 3 is 2.27 bits per heavy atom. The summed E-state index contributed by atoms with van der Waals surface area (Å²) in [6.45, 7) is 3.16. The van der Waals surface area contributed by atoms with Crippen LogP contribution in [-0.4, -0.2) is 86.3 Å². The van der Waals surface area contributed by atoms with E-state index in [1.54, 1.807) is 19.9 Å². The topological polar surface area (TPSA) is 145 Å². The predicted octanol–water partition coefficient (Wildman–Crippen LogP) is 5.53. The molecule has 0 saturated carbocycles. The van der Waals surface area contributed by atoms with E-state index in [2.05, 4.69) is 10.4 Å². The maximum Gasteiger partial charge on any atom is 0.432 e. The molecule has 4 aromatic rings. The molecule has 2 aliphatic heterocycles. The molecule has 1 aromatic heterocycles. The summed E-state index contributed by atoms with van der Waals surface area (Å²) in [5, 5.41) is 17.0. The highest BCUT2D eigenvalue weighted by molar-refractivity contribution is 6.17. The molecule has 2 aliphatic rings. The normalized spacial score (nSPS) is 16.7. The monoisotopic (exact) mass is 722 g/mol. The average Bonchev–Trinajstić information content (AvgIpc) is 3.55. The van der Waals surface area contributed by atoms with E-state index in [0.717, 1.165) is 15.1 Å². The number of likely N-dealkylation sites (tertiary alicyclic amines) is 1. The predicted molar refractivity (Wildman–Crippen MR) is 179 cm³/mol. The van der Waals surface area contributed by atoms with Crippen LogP contribution in [0.15, 0.2) is 66.7 Å². The molecule has 3 heterocycles. The third-order valence-electron chi connectivity index (χ3n) is 9.66. The van der Waals surface area contributed by atoms with Crippen LogP contribution in [0.4, 0.5) is 32.8 Å². The van der Waals surface area contributed by atoms with E-state index in [1.165, 1.54) is 29.0 Å². The third kappa shape index (κ3) is 6.32. The fraction of sp³-hybridized carbons (Fsp3) is 0.333. The number of anilines is 1. The van der Waals surface area contributed by atoms with Gasteiger partial charge in [0.1, 0.15) is 17.4 Å². The second-order valence-corrected chi connectivity index (χ2v) is 13.2. The Bertz CT molecular complexity index is 2090. The van der Waals surface area contributed by atoms with Gasteiger partial charge in [0.05, 0.1) is 22.3 Å². The van der Waals surface area contributed by atoms with E-state index in [1.807, 2.05) is 30.3 Å². The lowest BCUT2D eigenvalue weighted by Gasteiger charge is -2.43. The van der Waals surface area contributed by atoms with Gasteiger partial charge >= 0.3 is 18.3 Å². The van der Waals surface area contributed by atoms with Crippen LogP contribution >= 0.6 is 0 Å². The van der Waals surface area contributed by atoms with Gasteiger partial charge in [-0.1, -0.05) is 44.2 Å². The van der Waals surface area contributed by atoms with Gasteiger partial charge in [-0.25, -0.2) is 14.0 Å². The summed E-state index contributed by atoms with van der Waals surface area (Å²) in [6.07, 6.45) is -5.83. The van der Waals surface area contributed by atoms with E-state index in [-0.39, 0.29) is 31.4 Å². The second kappa shape index (κ2) is 13.4. The number of carbonyl (C=O) groups excluding carboxylic acids is 4. The van der Waals surface area contributed by atoms with Gasteiger partial charge in [0.15, 0.2) is 0 Å². The number of amides is 5. The molecule has 1 spiro atoms. The Labute approximate surface area is 294 Å². The third-order valence-corrected chi connectivity index (χ3v) is 9.66. The molecule has 1 atom stereocenters. The lowest BCUT2D eigenvalue weighted by molar-refractivity contribution is -0.139. The summed E-state index contributed by atoms with van der Waals surface area (Å²) in [7, 11) is 1.35. The number of carboxylic acid groups (broad SMARTS) is 1. The fourth-order valence-electron chi connectivity index (χ4n) is 6.90. The van der Waals surface area contributed by atoms with Crippen LogP contribution < -0.4 is 10.2 Å². The molecule has 2 fully saturated rings. The van der Waals surface area contributed by atoms with Crippen LogP contribution in [0.1, 0.15) is 53.9 Å². The lowest BCUT2D eigenvalue weighted by atomic mass is 9.85. The molecule has 16 heteroatoms. The first-order valence-corrected chi connectivity index (χ1v) is 16.4. The Morgan fingerprint density at radius 1 is 0.981 bits per heavy atom. The minimum atomic E-state index is -4.82. The quantitative estimate of drug-likeness (QED) is 0.189. The number of halogens is 4. The first-order valence-electron chi connectivity index (χ1n) is 16.4. The summed E-state index contributed by atoms with van der Waals surface area (Å²) < 4.78 is 55.1. The fourth-order valence-corrected chi connectivity index (χ4v) is 6.90. The van der Waals surface area contributed by atoms with Crippen LogP contribution in [0, 0.1) is 11.7 Å². The molecule has 2 N–H and O–H groups in total. The SMILES string of the molecule is CC(C)[C@@H](NC(=O)c1cc(C(F)(F)F)ccc1F)C(=O)N1CCC2(CC1)C(=O)N(C)C(=O)N2c1ccc2c(c1)c(Cc1ccccc1)nn2C(=O)O. The van der Waals surface area contributed by atoms with Crippen molar-refractivity contribution in [2.75, 3.05) is 25.0 Å². The highest BCUT2D eigenvalue weighted by atomic mass is 19.4. The van der Waals surface area contributed by atoms with Crippen molar-refractivity contribution in [2.24, 2.45) is 5.92 Å². The Balaban J connectivity index is 1.26. The molecule has 0 bridgehead atoms. The number of alkyl halides is 3. The molecule has 272 valence electrons. The van der Waals surface area contributed by atoms with Crippen molar-refractivity contribution in [3.8, 4) is 0 Å². The number of urea groups is 1. The van der Waals surface area contributed by atoms with Crippen molar-refractivity contribution in [1.82, 2.24) is 24.9 Å². The van der Waals surface area contributed by atoms with E-state index in [0.29, 0.717) is 41.4 Å². The standard InChI is InChI=1S/C36H34F4N6O6/c1-20(2)29(41-30(47)24-18-22(36(38,39)40)9-11-26(24)37)31(48)44-15-13-35(14-16-44)32(49)43(3)33(50)45(35)23-10-12-28-25(19-23)27(42-46(28)34(51)52)17-21-7-5-4-6-8-21/h4-12,18-20,29H,13-17H2,1-3H3,(H,41,47)(H,51,52)/t29-/m1/s1. The molecule has 2 saturated heterocycles. The molecule has 0 radical (unpaired) electrons. The van der Waals surface area contributed by atoms with Gasteiger partial charge in [0.25, 0.3) is 11.8 Å². The van der Waals surface area contributed by atoms with Crippen molar-refractivity contribution in [2.45, 2.75) is 50.9 Å². The van der Waals surface area contributed by atoms with Crippen molar-refractivity contribution < 1.29 is 46.6 Å². The van der Waals surface area contributed by atoms with Gasteiger partial charge in [-0.15, -0.1) is 0 Å². The molecule has 6 rings (SSSR count). The summed E-state index contributed by atoms with van der Waals surface area (Å²) in [5.41, 5.74) is -1.56. The van der Waals surface area contributed by atoms with Gasteiger partial charge in [-0.3, -0.25) is 24.2 Å². The van der Waals surface area contributed by atoms with Gasteiger partial charge in [0.2, 0.25) is 5.91 Å². The molecular formula is C36H34F4N6O6. The van der Waals surface area contributed by atoms with Crippen molar-refractivity contribution >= 4 is 46.4 Å². The number of piperidine rings is 1. The number of nitrogens with zero attached hydrogens (tertiary/aromatic N) is 5. The van der Waals surface area contributed by atoms with Crippen LogP contribution in [0.5, 0.6) is 0 Å². The van der Waals surface area contributed by atoms with Crippen molar-refractivity contribution in [3.63, 3.8) is 0 Å². The first kappa shape index (κ1) is 36.0. The number of hydrogen-bond acceptors (Lipinski definition) is 6. The van der Waals surface area contributed by atoms with Crippen LogP contribution in [0.3, 0.4) is 0 Å². The first-order chi connectivity index (χ1) is 24.5. The summed E-state index contributed by atoms with van der Waals surface area (Å²) >= 11 is 0. The number of rotatable bonds is 7. The number of aromatic nitrogens is 2. The van der Waals surface area contributed by atoms with E-state index in [4.69, 9.17) is 0 Å². The molecule has 12 nitrogen and oxygen atoms in total. The average molecular weight is 723 g/mol. The zero-order chi connectivity index (χ0) is 37.7. The molecule has 5 amide bonds. The zero-order valence-electron chi connectivity index (χ0n) is 28.3. The van der Waals surface area contributed by atoms with Crippen LogP contribution in [0.25, 0.3) is 10.9 Å². The van der Waals surface area contributed by atoms with Gasteiger partial charge in [-0.05, 0) is 60.7 Å². The second-order valence-electron chi connectivity index (χ2n) is 13.2. The Hall–Kier alpha value is -5.80. The Morgan fingerprint density at radius 2 is 1.65 bits per heavy atom. The van der Waals surface area contributed by atoms with E-state index in [9.17, 15) is 46.6 Å². The maximum absolute atomic E-state index is 14.5.